The molecule has 1 aliphatic rings. The first kappa shape index (κ1) is 14.2. The van der Waals surface area contributed by atoms with Crippen molar-refractivity contribution >= 4 is 5.69 Å². The Morgan fingerprint density at radius 3 is 2.68 bits per heavy atom. The van der Waals surface area contributed by atoms with Gasteiger partial charge >= 0.3 is 6.18 Å². The molecular formula is C14H19F3N2. The minimum absolute atomic E-state index is 0.0604. The van der Waals surface area contributed by atoms with Gasteiger partial charge in [-0.25, -0.2) is 0 Å². The molecule has 1 saturated heterocycles. The second kappa shape index (κ2) is 5.41. The fourth-order valence-electron chi connectivity index (χ4n) is 2.58. The standard InChI is InChI=1S/C14H19F3N2/c1-10-7-13(5-4-11(10)8-18)19-6-2-3-12(9-19)14(15,16)17/h4-5,7,12H,2-3,6,8-9,18H2,1H3. The summed E-state index contributed by atoms with van der Waals surface area (Å²) in [6.07, 6.45) is -3.27. The van der Waals surface area contributed by atoms with Crippen molar-refractivity contribution in [3.05, 3.63) is 29.3 Å². The fraction of sp³-hybridized carbons (Fsp3) is 0.571. The van der Waals surface area contributed by atoms with Gasteiger partial charge in [-0.3, -0.25) is 0 Å². The first-order valence-electron chi connectivity index (χ1n) is 6.53. The van der Waals surface area contributed by atoms with E-state index in [2.05, 4.69) is 0 Å². The third kappa shape index (κ3) is 3.21. The Labute approximate surface area is 111 Å². The van der Waals surface area contributed by atoms with Crippen LogP contribution in [0.2, 0.25) is 0 Å². The highest BCUT2D eigenvalue weighted by Gasteiger charge is 2.41. The van der Waals surface area contributed by atoms with Gasteiger partial charge in [-0.15, -0.1) is 0 Å². The van der Waals surface area contributed by atoms with Crippen molar-refractivity contribution in [2.24, 2.45) is 11.7 Å². The number of hydrogen-bond donors (Lipinski definition) is 1. The normalized spacial score (nSPS) is 20.7. The third-order valence-electron chi connectivity index (χ3n) is 3.80. The van der Waals surface area contributed by atoms with Crippen molar-refractivity contribution in [1.82, 2.24) is 0 Å². The first-order chi connectivity index (χ1) is 8.91. The molecule has 0 spiro atoms. The number of benzene rings is 1. The predicted octanol–water partition coefficient (Wildman–Crippen LogP) is 3.23. The molecule has 2 N–H and O–H groups in total. The summed E-state index contributed by atoms with van der Waals surface area (Å²) in [7, 11) is 0. The van der Waals surface area contributed by atoms with Crippen molar-refractivity contribution in [2.75, 3.05) is 18.0 Å². The van der Waals surface area contributed by atoms with Crippen LogP contribution in [0.15, 0.2) is 18.2 Å². The van der Waals surface area contributed by atoms with E-state index in [0.29, 0.717) is 19.5 Å². The van der Waals surface area contributed by atoms with Crippen LogP contribution in [0.3, 0.4) is 0 Å². The summed E-state index contributed by atoms with van der Waals surface area (Å²) < 4.78 is 38.4. The molecule has 106 valence electrons. The summed E-state index contributed by atoms with van der Waals surface area (Å²) in [5.74, 6) is -1.21. The molecule has 0 amide bonds. The summed E-state index contributed by atoms with van der Waals surface area (Å²) in [6.45, 7) is 3.15. The Bertz CT molecular complexity index is 443. The van der Waals surface area contributed by atoms with E-state index in [1.165, 1.54) is 0 Å². The predicted molar refractivity (Wildman–Crippen MR) is 70.1 cm³/mol. The molecule has 2 nitrogen and oxygen atoms in total. The molecule has 1 aromatic rings. The lowest BCUT2D eigenvalue weighted by Crippen LogP contribution is -2.41. The van der Waals surface area contributed by atoms with E-state index in [1.54, 1.807) is 0 Å². The molecule has 0 aromatic heterocycles. The number of anilines is 1. The van der Waals surface area contributed by atoms with Gasteiger partial charge in [0.1, 0.15) is 0 Å². The molecule has 0 radical (unpaired) electrons. The summed E-state index contributed by atoms with van der Waals surface area (Å²) in [4.78, 5) is 1.83. The molecule has 19 heavy (non-hydrogen) atoms. The van der Waals surface area contributed by atoms with Crippen molar-refractivity contribution in [3.8, 4) is 0 Å². The lowest BCUT2D eigenvalue weighted by Gasteiger charge is -2.35. The van der Waals surface area contributed by atoms with Gasteiger partial charge < -0.3 is 10.6 Å². The summed E-state index contributed by atoms with van der Waals surface area (Å²) in [6, 6.07) is 5.71. The average Bonchev–Trinajstić information content (AvgIpc) is 2.38. The quantitative estimate of drug-likeness (QED) is 0.895. The van der Waals surface area contributed by atoms with E-state index in [0.717, 1.165) is 16.8 Å². The highest BCUT2D eigenvalue weighted by Crippen LogP contribution is 2.35. The number of nitrogens with two attached hydrogens (primary N) is 1. The number of nitrogens with zero attached hydrogens (tertiary/aromatic N) is 1. The molecular weight excluding hydrogens is 253 g/mol. The first-order valence-corrected chi connectivity index (χ1v) is 6.53. The zero-order valence-electron chi connectivity index (χ0n) is 11.0. The molecule has 5 heteroatoms. The third-order valence-corrected chi connectivity index (χ3v) is 3.80. The van der Waals surface area contributed by atoms with Gasteiger partial charge in [0.25, 0.3) is 0 Å². The molecule has 1 aromatic carbocycles. The molecule has 2 rings (SSSR count). The van der Waals surface area contributed by atoms with Gasteiger partial charge in [0.15, 0.2) is 0 Å². The molecule has 1 unspecified atom stereocenters. The lowest BCUT2D eigenvalue weighted by atomic mass is 9.96. The van der Waals surface area contributed by atoms with Crippen LogP contribution in [0.5, 0.6) is 0 Å². The molecule has 0 bridgehead atoms. The topological polar surface area (TPSA) is 29.3 Å². The number of alkyl halides is 3. The smallest absolute Gasteiger partial charge is 0.371 e. The van der Waals surface area contributed by atoms with Crippen molar-refractivity contribution in [2.45, 2.75) is 32.5 Å². The van der Waals surface area contributed by atoms with Gasteiger partial charge in [-0.2, -0.15) is 13.2 Å². The van der Waals surface area contributed by atoms with Crippen molar-refractivity contribution < 1.29 is 13.2 Å². The van der Waals surface area contributed by atoms with Gasteiger partial charge in [0.2, 0.25) is 0 Å². The van der Waals surface area contributed by atoms with Crippen molar-refractivity contribution in [3.63, 3.8) is 0 Å². The molecule has 0 aliphatic carbocycles. The van der Waals surface area contributed by atoms with E-state index in [9.17, 15) is 13.2 Å². The number of hydrogen-bond acceptors (Lipinski definition) is 2. The largest absolute Gasteiger partial charge is 0.393 e. The van der Waals surface area contributed by atoms with Crippen molar-refractivity contribution in [1.29, 1.82) is 0 Å². The van der Waals surface area contributed by atoms with E-state index in [1.807, 2.05) is 30.0 Å². The minimum atomic E-state index is -4.09. The summed E-state index contributed by atoms with van der Waals surface area (Å²) in [5.41, 5.74) is 8.53. The zero-order valence-corrected chi connectivity index (χ0v) is 11.0. The Hall–Kier alpha value is -1.23. The lowest BCUT2D eigenvalue weighted by molar-refractivity contribution is -0.175. The maximum absolute atomic E-state index is 12.8. The number of piperidine rings is 1. The Morgan fingerprint density at radius 2 is 2.11 bits per heavy atom. The zero-order chi connectivity index (χ0) is 14.0. The van der Waals surface area contributed by atoms with Crippen LogP contribution in [0.4, 0.5) is 18.9 Å². The SMILES string of the molecule is Cc1cc(N2CCCC(C(F)(F)F)C2)ccc1CN. The molecule has 1 atom stereocenters. The second-order valence-corrected chi connectivity index (χ2v) is 5.14. The maximum atomic E-state index is 12.8. The van der Waals surface area contributed by atoms with Crippen LogP contribution in [-0.4, -0.2) is 19.3 Å². The van der Waals surface area contributed by atoms with Gasteiger partial charge in [0.05, 0.1) is 5.92 Å². The Kier molecular flexibility index (Phi) is 4.04. The van der Waals surface area contributed by atoms with E-state index < -0.39 is 12.1 Å². The van der Waals surface area contributed by atoms with Crippen LogP contribution in [-0.2, 0) is 6.54 Å². The van der Waals surface area contributed by atoms with Gasteiger partial charge in [-0.05, 0) is 43.0 Å². The van der Waals surface area contributed by atoms with Gasteiger partial charge in [-0.1, -0.05) is 6.07 Å². The maximum Gasteiger partial charge on any atom is 0.393 e. The van der Waals surface area contributed by atoms with Crippen LogP contribution in [0.25, 0.3) is 0 Å². The monoisotopic (exact) mass is 272 g/mol. The van der Waals surface area contributed by atoms with Gasteiger partial charge in [0, 0.05) is 25.3 Å². The number of rotatable bonds is 2. The second-order valence-electron chi connectivity index (χ2n) is 5.14. The highest BCUT2D eigenvalue weighted by molar-refractivity contribution is 5.51. The van der Waals surface area contributed by atoms with Crippen LogP contribution in [0, 0.1) is 12.8 Å². The molecule has 1 fully saturated rings. The Morgan fingerprint density at radius 1 is 1.37 bits per heavy atom. The molecule has 0 saturated carbocycles. The average molecular weight is 272 g/mol. The van der Waals surface area contributed by atoms with E-state index in [4.69, 9.17) is 5.73 Å². The minimum Gasteiger partial charge on any atom is -0.371 e. The van der Waals surface area contributed by atoms with E-state index in [-0.39, 0.29) is 13.0 Å². The Balaban J connectivity index is 2.15. The fourth-order valence-corrected chi connectivity index (χ4v) is 2.58. The molecule has 1 heterocycles. The summed E-state index contributed by atoms with van der Waals surface area (Å²) >= 11 is 0. The van der Waals surface area contributed by atoms with E-state index >= 15 is 0 Å². The number of halogens is 3. The summed E-state index contributed by atoms with van der Waals surface area (Å²) in [5, 5.41) is 0. The van der Waals surface area contributed by atoms with Crippen LogP contribution in [0.1, 0.15) is 24.0 Å². The highest BCUT2D eigenvalue weighted by atomic mass is 19.4. The van der Waals surface area contributed by atoms with Crippen LogP contribution >= 0.6 is 0 Å². The number of aryl methyl sites for hydroxylation is 1. The van der Waals surface area contributed by atoms with Crippen LogP contribution < -0.4 is 10.6 Å². The molecule has 1 aliphatic heterocycles.